The van der Waals surface area contributed by atoms with E-state index in [9.17, 15) is 2.74 Å². The lowest BCUT2D eigenvalue weighted by molar-refractivity contribution is 0.669. The molecule has 0 aliphatic carbocycles. The van der Waals surface area contributed by atoms with E-state index in [1.165, 1.54) is 0 Å². The first kappa shape index (κ1) is 15.0. The normalized spacial score (nSPS) is 15.6. The van der Waals surface area contributed by atoms with Crippen LogP contribution in [0.1, 0.15) is 16.4 Å². The highest BCUT2D eigenvalue weighted by molar-refractivity contribution is 6.24. The molecule has 9 rings (SSSR count). The van der Waals surface area contributed by atoms with Gasteiger partial charge in [0.25, 0.3) is 0 Å². The Kier molecular flexibility index (Phi) is 3.29. The van der Waals surface area contributed by atoms with Crippen molar-refractivity contribution in [3.8, 4) is 33.4 Å². The highest BCUT2D eigenvalue weighted by Crippen LogP contribution is 2.47. The third-order valence-corrected chi connectivity index (χ3v) is 7.99. The molecule has 0 radical (unpaired) electrons. The zero-order valence-corrected chi connectivity index (χ0v) is 22.5. The molecule has 8 aromatic carbocycles. The Morgan fingerprint density at radius 2 is 1.02 bits per heavy atom. The van der Waals surface area contributed by atoms with E-state index in [2.05, 4.69) is 0 Å². The Morgan fingerprint density at radius 1 is 0.419 bits per heavy atom. The predicted octanol–water partition coefficient (Wildman–Crippen LogP) is 12.0. The fraction of sp³-hybridized carbons (Fsp3) is 0. The van der Waals surface area contributed by atoms with Gasteiger partial charge in [-0.1, -0.05) is 127 Å². The topological polar surface area (TPSA) is 13.1 Å². The molecule has 0 fully saturated rings. The van der Waals surface area contributed by atoms with Crippen LogP contribution >= 0.6 is 0 Å². The van der Waals surface area contributed by atoms with Crippen LogP contribution in [-0.4, -0.2) is 0 Å². The molecule has 0 saturated carbocycles. The van der Waals surface area contributed by atoms with Gasteiger partial charge < -0.3 is 4.42 Å². The van der Waals surface area contributed by atoms with Crippen LogP contribution in [-0.2, 0) is 0 Å². The summed E-state index contributed by atoms with van der Waals surface area (Å²) in [4.78, 5) is 0. The summed E-state index contributed by atoms with van der Waals surface area (Å²) in [5.74, 6) is 0. The van der Waals surface area contributed by atoms with Crippen LogP contribution in [0.4, 0.5) is 0 Å². The average Bonchev–Trinajstić information content (AvgIpc) is 3.61. The zero-order chi connectivity index (χ0) is 38.8. The van der Waals surface area contributed by atoms with Crippen molar-refractivity contribution in [2.75, 3.05) is 0 Å². The maximum atomic E-state index is 9.60. The summed E-state index contributed by atoms with van der Waals surface area (Å²) in [6.07, 6.45) is 0. The van der Waals surface area contributed by atoms with Crippen molar-refractivity contribution in [3.63, 3.8) is 0 Å². The van der Waals surface area contributed by atoms with E-state index in [0.717, 1.165) is 32.7 Å². The summed E-state index contributed by atoms with van der Waals surface area (Å²) < 4.78 is 110. The smallest absolute Gasteiger partial charge is 0.135 e. The molecule has 0 bridgehead atoms. The monoisotopic (exact) mass is 558 g/mol. The molecular weight excluding hydrogens is 520 g/mol. The minimum Gasteiger partial charge on any atom is -0.456 e. The van der Waals surface area contributed by atoms with E-state index in [0.29, 0.717) is 21.9 Å². The lowest BCUT2D eigenvalue weighted by atomic mass is 9.83. The van der Waals surface area contributed by atoms with Gasteiger partial charge >= 0.3 is 0 Å². The Labute approximate surface area is 266 Å². The summed E-state index contributed by atoms with van der Waals surface area (Å²) in [6.45, 7) is 0. The number of furan rings is 1. The third-order valence-electron chi connectivity index (χ3n) is 7.99. The van der Waals surface area contributed by atoms with Crippen molar-refractivity contribution in [1.29, 1.82) is 0 Å². The van der Waals surface area contributed by atoms with Crippen LogP contribution in [0.2, 0.25) is 0 Å². The number of hydrogen-bond donors (Lipinski definition) is 0. The van der Waals surface area contributed by atoms with Gasteiger partial charge in [0.05, 0.1) is 16.4 Å². The van der Waals surface area contributed by atoms with Gasteiger partial charge in [-0.3, -0.25) is 0 Å². The minimum atomic E-state index is -0.503. The lowest BCUT2D eigenvalue weighted by Gasteiger charge is -2.19. The van der Waals surface area contributed by atoms with Crippen molar-refractivity contribution in [3.05, 3.63) is 157 Å². The highest BCUT2D eigenvalue weighted by Gasteiger charge is 2.19. The SMILES string of the molecule is [2H]c1c([2H])c([2H])c(-c2cc(-c3c4ccccc4c(-c4c([2H])c([2H])c5oc6c([2H])c([2H])c([2H])c([2H])c6c5c4[2H])c4ccccc34)c3ccccc3c2)c([2H])c1[2H]. The Bertz CT molecular complexity index is 3100. The summed E-state index contributed by atoms with van der Waals surface area (Å²) in [6, 6.07) is 21.6. The summed E-state index contributed by atoms with van der Waals surface area (Å²) in [5.41, 5.74) is 2.24. The number of fused-ring (bicyclic) bond motifs is 6. The van der Waals surface area contributed by atoms with Crippen molar-refractivity contribution in [2.24, 2.45) is 0 Å². The summed E-state index contributed by atoms with van der Waals surface area (Å²) >= 11 is 0. The molecular formula is C42H26O. The van der Waals surface area contributed by atoms with Crippen LogP contribution in [0, 0.1) is 0 Å². The number of hydrogen-bond acceptors (Lipinski definition) is 1. The maximum absolute atomic E-state index is 9.60. The van der Waals surface area contributed by atoms with Crippen molar-refractivity contribution >= 4 is 54.3 Å². The number of para-hydroxylation sites is 1. The first-order valence-electron chi connectivity index (χ1n) is 19.8. The van der Waals surface area contributed by atoms with E-state index in [1.54, 1.807) is 0 Å². The largest absolute Gasteiger partial charge is 0.456 e. The van der Waals surface area contributed by atoms with E-state index in [1.807, 2.05) is 84.9 Å². The minimum absolute atomic E-state index is 0.0209. The molecule has 0 N–H and O–H groups in total. The van der Waals surface area contributed by atoms with E-state index >= 15 is 0 Å². The molecule has 1 heterocycles. The van der Waals surface area contributed by atoms with Crippen molar-refractivity contribution in [1.82, 2.24) is 0 Å². The second-order valence-electron chi connectivity index (χ2n) is 10.3. The zero-order valence-electron chi connectivity index (χ0n) is 34.5. The van der Waals surface area contributed by atoms with Gasteiger partial charge in [0.15, 0.2) is 0 Å². The predicted molar refractivity (Wildman–Crippen MR) is 183 cm³/mol. The van der Waals surface area contributed by atoms with Crippen LogP contribution in [0.3, 0.4) is 0 Å². The molecule has 0 unspecified atom stereocenters. The second-order valence-corrected chi connectivity index (χ2v) is 10.3. The number of rotatable bonds is 3. The van der Waals surface area contributed by atoms with E-state index in [-0.39, 0.29) is 63.3 Å². The van der Waals surface area contributed by atoms with Crippen LogP contribution < -0.4 is 0 Å². The average molecular weight is 559 g/mol. The van der Waals surface area contributed by atoms with Crippen molar-refractivity contribution < 1.29 is 20.9 Å². The molecule has 200 valence electrons. The molecule has 0 amide bonds. The van der Waals surface area contributed by atoms with Gasteiger partial charge in [-0.25, -0.2) is 0 Å². The standard InChI is InChI=1S/C42H26O/c1-2-12-27(13-3-1)30-24-28-14-4-5-15-31(28)38(26-30)42-35-19-8-6-17-33(35)41(34-18-7-9-20-36(34)42)29-22-23-40-37(25-29)32-16-10-11-21-39(32)43-40/h1-26H/i1D,2D,3D,10D,11D,12D,13D,16D,21D,22D,23D,25D. The first-order chi connectivity index (χ1) is 26.3. The van der Waals surface area contributed by atoms with Gasteiger partial charge in [0.1, 0.15) is 11.2 Å². The Balaban J connectivity index is 1.44. The third kappa shape index (κ3) is 3.72. The molecule has 1 nitrogen and oxygen atoms in total. The molecule has 0 atom stereocenters. The Hall–Kier alpha value is -5.66. The van der Waals surface area contributed by atoms with Gasteiger partial charge in [-0.15, -0.1) is 0 Å². The fourth-order valence-electron chi connectivity index (χ4n) is 6.17. The molecule has 0 aliphatic heterocycles. The second kappa shape index (κ2) is 9.44. The van der Waals surface area contributed by atoms with Gasteiger partial charge in [0, 0.05) is 10.8 Å². The lowest BCUT2D eigenvalue weighted by Crippen LogP contribution is -1.92. The number of benzene rings is 8. The molecule has 9 aromatic rings. The molecule has 1 aromatic heterocycles. The maximum Gasteiger partial charge on any atom is 0.135 e. The van der Waals surface area contributed by atoms with Crippen molar-refractivity contribution in [2.45, 2.75) is 0 Å². The van der Waals surface area contributed by atoms with Crippen LogP contribution in [0.15, 0.2) is 162 Å². The molecule has 43 heavy (non-hydrogen) atoms. The summed E-state index contributed by atoms with van der Waals surface area (Å²) in [7, 11) is 0. The van der Waals surface area contributed by atoms with Gasteiger partial charge in [-0.2, -0.15) is 0 Å². The van der Waals surface area contributed by atoms with Gasteiger partial charge in [0.2, 0.25) is 0 Å². The van der Waals surface area contributed by atoms with Crippen LogP contribution in [0.25, 0.3) is 87.6 Å². The Morgan fingerprint density at radius 3 is 1.77 bits per heavy atom. The quantitative estimate of drug-likeness (QED) is 0.197. The molecule has 1 heteroatoms. The highest BCUT2D eigenvalue weighted by atomic mass is 16.3. The fourth-order valence-corrected chi connectivity index (χ4v) is 6.17. The molecule has 0 spiro atoms. The summed E-state index contributed by atoms with van der Waals surface area (Å²) in [5, 5.41) is 4.36. The van der Waals surface area contributed by atoms with E-state index in [4.69, 9.17) is 18.1 Å². The molecule has 0 aliphatic rings. The first-order valence-corrected chi connectivity index (χ1v) is 13.8. The van der Waals surface area contributed by atoms with E-state index < -0.39 is 42.3 Å². The molecule has 0 saturated heterocycles. The van der Waals surface area contributed by atoms with Crippen LogP contribution in [0.5, 0.6) is 0 Å². The van der Waals surface area contributed by atoms with Gasteiger partial charge in [-0.05, 0) is 96.0 Å².